The average Bonchev–Trinajstić information content (AvgIpc) is 2.73. The number of ether oxygens (including phenoxy) is 2. The number of rotatable bonds is 8. The molecule has 0 saturated carbocycles. The molecular weight excluding hydrogens is 372 g/mol. The Kier molecular flexibility index (Phi) is 5.61. The molecule has 0 bridgehead atoms. The standard InChI is InChI=1S/C23H20O6/c24-20-12-10-16-6-4-8-18(22(16)28-20)26-14-2-1-3-15-27-19-9-5-7-17-11-13-21(25)29-23(17)19/h4-13H,1-3,14-15H2. The fourth-order valence-corrected chi connectivity index (χ4v) is 3.10. The average molecular weight is 392 g/mol. The van der Waals surface area contributed by atoms with Crippen molar-refractivity contribution in [3.63, 3.8) is 0 Å². The first-order chi connectivity index (χ1) is 14.2. The molecule has 4 rings (SSSR count). The zero-order valence-electron chi connectivity index (χ0n) is 15.8. The van der Waals surface area contributed by atoms with Crippen molar-refractivity contribution in [2.45, 2.75) is 19.3 Å². The number of para-hydroxylation sites is 2. The van der Waals surface area contributed by atoms with E-state index in [-0.39, 0.29) is 0 Å². The molecule has 0 unspecified atom stereocenters. The van der Waals surface area contributed by atoms with Gasteiger partial charge in [-0.3, -0.25) is 0 Å². The molecule has 0 fully saturated rings. The van der Waals surface area contributed by atoms with E-state index in [1.54, 1.807) is 24.3 Å². The maximum atomic E-state index is 11.4. The molecule has 0 spiro atoms. The molecule has 0 atom stereocenters. The van der Waals surface area contributed by atoms with Crippen molar-refractivity contribution in [2.24, 2.45) is 0 Å². The Balaban J connectivity index is 1.25. The Morgan fingerprint density at radius 2 is 1.07 bits per heavy atom. The normalized spacial score (nSPS) is 11.0. The van der Waals surface area contributed by atoms with E-state index in [1.165, 1.54) is 12.1 Å². The van der Waals surface area contributed by atoms with Crippen molar-refractivity contribution in [1.82, 2.24) is 0 Å². The van der Waals surface area contributed by atoms with Crippen molar-refractivity contribution >= 4 is 21.9 Å². The molecule has 0 aliphatic carbocycles. The summed E-state index contributed by atoms with van der Waals surface area (Å²) >= 11 is 0. The van der Waals surface area contributed by atoms with Crippen molar-refractivity contribution < 1.29 is 18.3 Å². The maximum absolute atomic E-state index is 11.4. The molecule has 2 heterocycles. The van der Waals surface area contributed by atoms with Crippen LogP contribution in [0.3, 0.4) is 0 Å². The van der Waals surface area contributed by atoms with Gasteiger partial charge in [0.2, 0.25) is 0 Å². The highest BCUT2D eigenvalue weighted by Crippen LogP contribution is 2.25. The second kappa shape index (κ2) is 8.65. The molecule has 6 heteroatoms. The number of fused-ring (bicyclic) bond motifs is 2. The molecule has 148 valence electrons. The Bertz CT molecular complexity index is 1140. The van der Waals surface area contributed by atoms with E-state index < -0.39 is 11.3 Å². The zero-order chi connectivity index (χ0) is 20.1. The summed E-state index contributed by atoms with van der Waals surface area (Å²) in [6.45, 7) is 1.03. The lowest BCUT2D eigenvalue weighted by Gasteiger charge is -2.09. The van der Waals surface area contributed by atoms with Gasteiger partial charge in [-0.15, -0.1) is 0 Å². The first kappa shape index (κ1) is 18.8. The van der Waals surface area contributed by atoms with Crippen LogP contribution >= 0.6 is 0 Å². The van der Waals surface area contributed by atoms with E-state index >= 15 is 0 Å². The highest BCUT2D eigenvalue weighted by Gasteiger charge is 2.06. The number of hydrogen-bond donors (Lipinski definition) is 0. The fraction of sp³-hybridized carbons (Fsp3) is 0.217. The summed E-state index contributed by atoms with van der Waals surface area (Å²) < 4.78 is 22.1. The molecule has 0 aliphatic rings. The molecule has 4 aromatic rings. The van der Waals surface area contributed by atoms with Crippen molar-refractivity contribution in [3.8, 4) is 11.5 Å². The van der Waals surface area contributed by atoms with Crippen LogP contribution in [0.1, 0.15) is 19.3 Å². The van der Waals surface area contributed by atoms with Crippen LogP contribution in [0.2, 0.25) is 0 Å². The molecule has 2 aromatic heterocycles. The Morgan fingerprint density at radius 3 is 1.55 bits per heavy atom. The largest absolute Gasteiger partial charge is 0.490 e. The Morgan fingerprint density at radius 1 is 0.586 bits per heavy atom. The second-order valence-electron chi connectivity index (χ2n) is 6.62. The Hall–Kier alpha value is -3.54. The highest BCUT2D eigenvalue weighted by atomic mass is 16.5. The van der Waals surface area contributed by atoms with E-state index in [9.17, 15) is 9.59 Å². The SMILES string of the molecule is O=c1ccc2cccc(OCCCCCOc3cccc4ccc(=O)oc34)c2o1. The van der Waals surface area contributed by atoms with Crippen LogP contribution in [-0.2, 0) is 0 Å². The van der Waals surface area contributed by atoms with Gasteiger partial charge in [0.25, 0.3) is 0 Å². The molecule has 29 heavy (non-hydrogen) atoms. The summed E-state index contributed by atoms with van der Waals surface area (Å²) in [5.41, 5.74) is 0.159. The molecule has 0 amide bonds. The van der Waals surface area contributed by atoms with Crippen molar-refractivity contribution in [3.05, 3.63) is 81.5 Å². The van der Waals surface area contributed by atoms with Gasteiger partial charge >= 0.3 is 11.3 Å². The summed E-state index contributed by atoms with van der Waals surface area (Å²) in [4.78, 5) is 22.9. The van der Waals surface area contributed by atoms with Crippen LogP contribution in [0.25, 0.3) is 21.9 Å². The van der Waals surface area contributed by atoms with Gasteiger partial charge in [-0.1, -0.05) is 24.3 Å². The summed E-state index contributed by atoms with van der Waals surface area (Å²) in [7, 11) is 0. The quantitative estimate of drug-likeness (QED) is 0.324. The van der Waals surface area contributed by atoms with Gasteiger partial charge in [0.1, 0.15) is 0 Å². The fourth-order valence-electron chi connectivity index (χ4n) is 3.10. The number of hydrogen-bond acceptors (Lipinski definition) is 6. The number of benzene rings is 2. The first-order valence-electron chi connectivity index (χ1n) is 9.52. The molecule has 0 radical (unpaired) electrons. The minimum Gasteiger partial charge on any atom is -0.490 e. The smallest absolute Gasteiger partial charge is 0.336 e. The monoisotopic (exact) mass is 392 g/mol. The molecule has 0 N–H and O–H groups in total. The second-order valence-corrected chi connectivity index (χ2v) is 6.62. The van der Waals surface area contributed by atoms with Crippen LogP contribution < -0.4 is 20.7 Å². The van der Waals surface area contributed by atoms with Crippen LogP contribution in [0.4, 0.5) is 0 Å². The predicted molar refractivity (Wildman–Crippen MR) is 110 cm³/mol. The van der Waals surface area contributed by atoms with Crippen LogP contribution in [0.15, 0.2) is 79.1 Å². The van der Waals surface area contributed by atoms with E-state index in [0.717, 1.165) is 30.0 Å². The molecule has 6 nitrogen and oxygen atoms in total. The van der Waals surface area contributed by atoms with Crippen molar-refractivity contribution in [2.75, 3.05) is 13.2 Å². The van der Waals surface area contributed by atoms with Gasteiger partial charge < -0.3 is 18.3 Å². The number of unbranched alkanes of at least 4 members (excludes halogenated alkanes) is 2. The van der Waals surface area contributed by atoms with Gasteiger partial charge in [-0.25, -0.2) is 9.59 Å². The maximum Gasteiger partial charge on any atom is 0.336 e. The molecule has 2 aromatic carbocycles. The summed E-state index contributed by atoms with van der Waals surface area (Å²) in [6.07, 6.45) is 2.58. The first-order valence-corrected chi connectivity index (χ1v) is 9.52. The third kappa shape index (κ3) is 4.48. The lowest BCUT2D eigenvalue weighted by Crippen LogP contribution is -2.03. The highest BCUT2D eigenvalue weighted by molar-refractivity contribution is 5.82. The van der Waals surface area contributed by atoms with E-state index in [2.05, 4.69) is 0 Å². The molecule has 0 saturated heterocycles. The topological polar surface area (TPSA) is 78.9 Å². The lowest BCUT2D eigenvalue weighted by atomic mass is 10.2. The summed E-state index contributed by atoms with van der Waals surface area (Å²) in [6, 6.07) is 17.3. The Labute approximate surface area is 166 Å². The zero-order valence-corrected chi connectivity index (χ0v) is 15.8. The minimum atomic E-state index is -0.394. The van der Waals surface area contributed by atoms with Gasteiger partial charge in [0.15, 0.2) is 22.7 Å². The van der Waals surface area contributed by atoms with Crippen LogP contribution in [0, 0.1) is 0 Å². The minimum absolute atomic E-state index is 0.394. The third-order valence-electron chi connectivity index (χ3n) is 4.53. The van der Waals surface area contributed by atoms with Gasteiger partial charge in [0, 0.05) is 22.9 Å². The van der Waals surface area contributed by atoms with E-state index in [4.69, 9.17) is 18.3 Å². The van der Waals surface area contributed by atoms with Gasteiger partial charge in [-0.2, -0.15) is 0 Å². The summed E-state index contributed by atoms with van der Waals surface area (Å²) in [5, 5.41) is 1.66. The molecule has 0 aliphatic heterocycles. The van der Waals surface area contributed by atoms with Gasteiger partial charge in [-0.05, 0) is 43.5 Å². The van der Waals surface area contributed by atoms with Crippen LogP contribution in [-0.4, -0.2) is 13.2 Å². The van der Waals surface area contributed by atoms with Gasteiger partial charge in [0.05, 0.1) is 13.2 Å². The van der Waals surface area contributed by atoms with E-state index in [0.29, 0.717) is 35.9 Å². The third-order valence-corrected chi connectivity index (χ3v) is 4.53. The predicted octanol–water partition coefficient (Wildman–Crippen LogP) is 4.53. The van der Waals surface area contributed by atoms with Crippen LogP contribution in [0.5, 0.6) is 11.5 Å². The molecular formula is C23H20O6. The summed E-state index contributed by atoms with van der Waals surface area (Å²) in [5.74, 6) is 1.14. The van der Waals surface area contributed by atoms with E-state index in [1.807, 2.05) is 24.3 Å². The van der Waals surface area contributed by atoms with Crippen molar-refractivity contribution in [1.29, 1.82) is 0 Å². The lowest BCUT2D eigenvalue weighted by molar-refractivity contribution is 0.278.